The monoisotopic (exact) mass is 436 g/mol. The van der Waals surface area contributed by atoms with Gasteiger partial charge in [-0.3, -0.25) is 0 Å². The lowest BCUT2D eigenvalue weighted by atomic mass is 10.2. The lowest BCUT2D eigenvalue weighted by molar-refractivity contribution is 0.122. The van der Waals surface area contributed by atoms with Crippen molar-refractivity contribution in [3.05, 3.63) is 64.6 Å². The second-order valence-corrected chi connectivity index (χ2v) is 7.15. The molecule has 7 heteroatoms. The van der Waals surface area contributed by atoms with E-state index in [4.69, 9.17) is 19.7 Å². The van der Waals surface area contributed by atoms with Crippen LogP contribution in [0.2, 0.25) is 0 Å². The molecule has 0 saturated carbocycles. The molecular weight excluding hydrogens is 420 g/mol. The highest BCUT2D eigenvalue weighted by Gasteiger charge is 2.16. The second-order valence-electron chi connectivity index (χ2n) is 6.23. The molecule has 1 saturated heterocycles. The number of benzene rings is 2. The van der Waals surface area contributed by atoms with Crippen LogP contribution < -0.4 is 9.64 Å². The SMILES string of the molecule is N#Cc1ccc(Oc2cc(N3CCOCC3)nc(-c3ccc(Br)cc3)n2)cc1. The van der Waals surface area contributed by atoms with E-state index in [2.05, 4.69) is 31.9 Å². The quantitative estimate of drug-likeness (QED) is 0.603. The predicted octanol–water partition coefficient (Wildman–Crippen LogP) is 4.41. The Kier molecular flexibility index (Phi) is 5.51. The molecule has 2 aromatic carbocycles. The van der Waals surface area contributed by atoms with Crippen molar-refractivity contribution >= 4 is 21.7 Å². The molecule has 140 valence electrons. The minimum absolute atomic E-state index is 0.458. The van der Waals surface area contributed by atoms with Crippen molar-refractivity contribution in [2.45, 2.75) is 0 Å². The zero-order valence-corrected chi connectivity index (χ0v) is 16.6. The number of aromatic nitrogens is 2. The maximum absolute atomic E-state index is 8.95. The number of morpholine rings is 1. The molecule has 0 N–H and O–H groups in total. The van der Waals surface area contributed by atoms with Crippen LogP contribution in [0.3, 0.4) is 0 Å². The van der Waals surface area contributed by atoms with Gasteiger partial charge in [-0.1, -0.05) is 28.1 Å². The first-order chi connectivity index (χ1) is 13.7. The molecule has 0 aliphatic carbocycles. The molecule has 0 spiro atoms. The van der Waals surface area contributed by atoms with E-state index in [0.29, 0.717) is 36.2 Å². The normalized spacial score (nSPS) is 13.8. The first-order valence-electron chi connectivity index (χ1n) is 8.87. The van der Waals surface area contributed by atoms with Gasteiger partial charge in [0.25, 0.3) is 0 Å². The Bertz CT molecular complexity index is 994. The molecule has 1 aliphatic rings. The van der Waals surface area contributed by atoms with Crippen molar-refractivity contribution in [2.24, 2.45) is 0 Å². The van der Waals surface area contributed by atoms with Gasteiger partial charge in [-0.15, -0.1) is 0 Å². The third-order valence-electron chi connectivity index (χ3n) is 4.33. The Labute approximate surface area is 171 Å². The van der Waals surface area contributed by atoms with Gasteiger partial charge in [0.2, 0.25) is 5.88 Å². The van der Waals surface area contributed by atoms with E-state index in [1.165, 1.54) is 0 Å². The smallest absolute Gasteiger partial charge is 0.224 e. The summed E-state index contributed by atoms with van der Waals surface area (Å²) in [5.41, 5.74) is 1.49. The summed E-state index contributed by atoms with van der Waals surface area (Å²) in [4.78, 5) is 11.5. The van der Waals surface area contributed by atoms with Crippen LogP contribution in [-0.2, 0) is 4.74 Å². The maximum Gasteiger partial charge on any atom is 0.224 e. The van der Waals surface area contributed by atoms with Gasteiger partial charge >= 0.3 is 0 Å². The van der Waals surface area contributed by atoms with Crippen LogP contribution in [0.25, 0.3) is 11.4 Å². The van der Waals surface area contributed by atoms with Crippen molar-refractivity contribution < 1.29 is 9.47 Å². The standard InChI is InChI=1S/C21H17BrN4O2/c22-17-5-3-16(4-6-17)21-24-19(26-9-11-27-12-10-26)13-20(25-21)28-18-7-1-15(14-23)2-8-18/h1-8,13H,9-12H2. The summed E-state index contributed by atoms with van der Waals surface area (Å²) in [6, 6.07) is 18.7. The fourth-order valence-corrected chi connectivity index (χ4v) is 3.13. The second kappa shape index (κ2) is 8.38. The first-order valence-corrected chi connectivity index (χ1v) is 9.66. The average molecular weight is 437 g/mol. The molecule has 3 aromatic rings. The van der Waals surface area contributed by atoms with Crippen molar-refractivity contribution in [1.82, 2.24) is 9.97 Å². The van der Waals surface area contributed by atoms with E-state index in [1.54, 1.807) is 24.3 Å². The molecule has 6 nitrogen and oxygen atoms in total. The van der Waals surface area contributed by atoms with E-state index in [-0.39, 0.29) is 0 Å². The van der Waals surface area contributed by atoms with Crippen molar-refractivity contribution in [3.63, 3.8) is 0 Å². The molecular formula is C21H17BrN4O2. The number of anilines is 1. The summed E-state index contributed by atoms with van der Waals surface area (Å²) in [6.45, 7) is 2.88. The molecule has 4 rings (SSSR count). The highest BCUT2D eigenvalue weighted by atomic mass is 79.9. The number of nitrogens with zero attached hydrogens (tertiary/aromatic N) is 4. The van der Waals surface area contributed by atoms with Gasteiger partial charge in [0.1, 0.15) is 11.6 Å². The highest BCUT2D eigenvalue weighted by Crippen LogP contribution is 2.28. The molecule has 2 heterocycles. The molecule has 0 atom stereocenters. The van der Waals surface area contributed by atoms with Gasteiger partial charge in [0, 0.05) is 29.2 Å². The van der Waals surface area contributed by atoms with Crippen LogP contribution in [0.1, 0.15) is 5.56 Å². The van der Waals surface area contributed by atoms with Crippen LogP contribution in [0, 0.1) is 11.3 Å². The van der Waals surface area contributed by atoms with Gasteiger partial charge in [0.15, 0.2) is 5.82 Å². The summed E-state index contributed by atoms with van der Waals surface area (Å²) in [6.07, 6.45) is 0. The third-order valence-corrected chi connectivity index (χ3v) is 4.86. The Morgan fingerprint density at radius 2 is 1.71 bits per heavy atom. The van der Waals surface area contributed by atoms with E-state index in [0.717, 1.165) is 28.9 Å². The summed E-state index contributed by atoms with van der Waals surface area (Å²) >= 11 is 3.45. The van der Waals surface area contributed by atoms with Crippen LogP contribution in [0.15, 0.2) is 59.1 Å². The zero-order valence-electron chi connectivity index (χ0n) is 15.0. The number of halogens is 1. The molecule has 0 amide bonds. The number of nitriles is 1. The summed E-state index contributed by atoms with van der Waals surface area (Å²) < 4.78 is 12.4. The first kappa shape index (κ1) is 18.4. The van der Waals surface area contributed by atoms with E-state index >= 15 is 0 Å². The molecule has 0 bridgehead atoms. The summed E-state index contributed by atoms with van der Waals surface area (Å²) in [7, 11) is 0. The van der Waals surface area contributed by atoms with E-state index in [9.17, 15) is 0 Å². The van der Waals surface area contributed by atoms with Crippen molar-refractivity contribution in [2.75, 3.05) is 31.2 Å². The topological polar surface area (TPSA) is 71.3 Å². The summed E-state index contributed by atoms with van der Waals surface area (Å²) in [5, 5.41) is 8.95. The Morgan fingerprint density at radius 1 is 1.00 bits per heavy atom. The molecule has 0 unspecified atom stereocenters. The maximum atomic E-state index is 8.95. The van der Waals surface area contributed by atoms with Crippen LogP contribution in [-0.4, -0.2) is 36.3 Å². The Hall–Kier alpha value is -2.95. The Morgan fingerprint density at radius 3 is 2.39 bits per heavy atom. The minimum Gasteiger partial charge on any atom is -0.439 e. The predicted molar refractivity (Wildman–Crippen MR) is 109 cm³/mol. The molecule has 0 radical (unpaired) electrons. The number of ether oxygens (including phenoxy) is 2. The average Bonchev–Trinajstić information content (AvgIpc) is 2.75. The van der Waals surface area contributed by atoms with Crippen LogP contribution >= 0.6 is 15.9 Å². The van der Waals surface area contributed by atoms with Gasteiger partial charge in [0.05, 0.1) is 24.8 Å². The van der Waals surface area contributed by atoms with Crippen molar-refractivity contribution in [3.8, 4) is 29.1 Å². The largest absolute Gasteiger partial charge is 0.439 e. The molecule has 1 aliphatic heterocycles. The summed E-state index contributed by atoms with van der Waals surface area (Å²) in [5.74, 6) is 2.48. The van der Waals surface area contributed by atoms with Crippen LogP contribution in [0.4, 0.5) is 5.82 Å². The van der Waals surface area contributed by atoms with Crippen molar-refractivity contribution in [1.29, 1.82) is 5.26 Å². The molecule has 1 aromatic heterocycles. The Balaban J connectivity index is 1.70. The molecule has 1 fully saturated rings. The highest BCUT2D eigenvalue weighted by molar-refractivity contribution is 9.10. The van der Waals surface area contributed by atoms with Gasteiger partial charge in [-0.05, 0) is 36.4 Å². The van der Waals surface area contributed by atoms with E-state index in [1.807, 2.05) is 30.3 Å². The van der Waals surface area contributed by atoms with Crippen LogP contribution in [0.5, 0.6) is 11.6 Å². The van der Waals surface area contributed by atoms with Gasteiger partial charge < -0.3 is 14.4 Å². The third kappa shape index (κ3) is 4.30. The number of hydrogen-bond donors (Lipinski definition) is 0. The van der Waals surface area contributed by atoms with E-state index < -0.39 is 0 Å². The van der Waals surface area contributed by atoms with Gasteiger partial charge in [-0.2, -0.15) is 10.2 Å². The molecule has 28 heavy (non-hydrogen) atoms. The number of rotatable bonds is 4. The zero-order chi connectivity index (χ0) is 19.3. The van der Waals surface area contributed by atoms with Gasteiger partial charge in [-0.25, -0.2) is 4.98 Å². The fraction of sp³-hybridized carbons (Fsp3) is 0.190. The lowest BCUT2D eigenvalue weighted by Crippen LogP contribution is -2.36. The lowest BCUT2D eigenvalue weighted by Gasteiger charge is -2.28. The number of hydrogen-bond acceptors (Lipinski definition) is 6. The fourth-order valence-electron chi connectivity index (χ4n) is 2.87. The minimum atomic E-state index is 0.458.